The van der Waals surface area contributed by atoms with Crippen LogP contribution in [0.25, 0.3) is 0 Å². The standard InChI is InChI=1S/C29H44O2.C3H7O.Al/c1-26(2,3)20-14-18(24(30)22(16-20)28(7,8)9)13-19-15-21(27(4,5)6)17-23(25(19)31)29(10,11)12;1-3(2)4;/h14-17,30-31H,13H2,1-12H3;3H,1-2H3;/q;-1;+3/p-2. The molecular weight excluding hydrogens is 459 g/mol. The number of benzene rings is 2. The summed E-state index contributed by atoms with van der Waals surface area (Å²) in [7, 11) is 0. The van der Waals surface area contributed by atoms with Crippen LogP contribution in [0.5, 0.6) is 11.5 Å². The van der Waals surface area contributed by atoms with Crippen molar-refractivity contribution in [2.75, 3.05) is 0 Å². The maximum absolute atomic E-state index is 6.79. The molecule has 2 aromatic rings. The second-order valence-electron chi connectivity index (χ2n) is 14.9. The normalized spacial score (nSPS) is 15.0. The highest BCUT2D eigenvalue weighted by molar-refractivity contribution is 6.38. The SMILES string of the molecule is CC(C)[O][Al]1[O]c2c(cc(C(C)(C)C)cc2C(C)(C)C)Cc2cc(C(C)(C)C)cc(C(C)(C)C)c2[O]1. The quantitative estimate of drug-likeness (QED) is 0.380. The van der Waals surface area contributed by atoms with Gasteiger partial charge in [-0.2, -0.15) is 0 Å². The van der Waals surface area contributed by atoms with Crippen LogP contribution >= 0.6 is 0 Å². The van der Waals surface area contributed by atoms with E-state index in [2.05, 4.69) is 121 Å². The Labute approximate surface area is 226 Å². The molecule has 4 heteroatoms. The van der Waals surface area contributed by atoms with Crippen molar-refractivity contribution < 1.29 is 11.4 Å². The summed E-state index contributed by atoms with van der Waals surface area (Å²) in [5, 5.41) is 0. The van der Waals surface area contributed by atoms with Crippen LogP contribution in [0.4, 0.5) is 0 Å². The Morgan fingerprint density at radius 1 is 0.611 bits per heavy atom. The molecule has 1 aliphatic rings. The van der Waals surface area contributed by atoms with Crippen molar-refractivity contribution in [2.24, 2.45) is 0 Å². The van der Waals surface area contributed by atoms with E-state index in [0.29, 0.717) is 0 Å². The second kappa shape index (κ2) is 9.69. The van der Waals surface area contributed by atoms with E-state index in [1.807, 2.05) is 0 Å². The van der Waals surface area contributed by atoms with Crippen molar-refractivity contribution in [3.8, 4) is 11.5 Å². The van der Waals surface area contributed by atoms with Crippen LogP contribution < -0.4 is 7.58 Å². The molecule has 1 heterocycles. The molecule has 36 heavy (non-hydrogen) atoms. The average Bonchev–Trinajstić information content (AvgIpc) is 2.64. The van der Waals surface area contributed by atoms with Gasteiger partial charge in [0.2, 0.25) is 0 Å². The minimum Gasteiger partial charge on any atom is -0.588 e. The van der Waals surface area contributed by atoms with E-state index in [1.165, 1.54) is 33.4 Å². The van der Waals surface area contributed by atoms with E-state index in [1.54, 1.807) is 0 Å². The van der Waals surface area contributed by atoms with Gasteiger partial charge in [0.15, 0.2) is 0 Å². The lowest BCUT2D eigenvalue weighted by Gasteiger charge is -2.35. The Kier molecular flexibility index (Phi) is 7.83. The zero-order valence-electron chi connectivity index (χ0n) is 25.4. The zero-order valence-corrected chi connectivity index (χ0v) is 26.6. The van der Waals surface area contributed by atoms with Gasteiger partial charge in [-0.15, -0.1) is 0 Å². The fourth-order valence-corrected chi connectivity index (χ4v) is 6.14. The molecule has 0 unspecified atom stereocenters. The van der Waals surface area contributed by atoms with Gasteiger partial charge in [-0.25, -0.2) is 0 Å². The van der Waals surface area contributed by atoms with Gasteiger partial charge in [-0.05, 0) is 68.9 Å². The average molecular weight is 509 g/mol. The first-order chi connectivity index (χ1) is 16.2. The molecule has 198 valence electrons. The maximum atomic E-state index is 6.79. The Balaban J connectivity index is 2.40. The highest BCUT2D eigenvalue weighted by Gasteiger charge is 2.45. The van der Waals surface area contributed by atoms with E-state index in [4.69, 9.17) is 11.4 Å². The predicted molar refractivity (Wildman–Crippen MR) is 154 cm³/mol. The first kappa shape index (κ1) is 29.1. The van der Waals surface area contributed by atoms with Crippen molar-refractivity contribution in [3.63, 3.8) is 0 Å². The van der Waals surface area contributed by atoms with Crippen LogP contribution in [0.1, 0.15) is 130 Å². The third-order valence-corrected chi connectivity index (χ3v) is 8.49. The fourth-order valence-electron chi connectivity index (χ4n) is 4.60. The highest BCUT2D eigenvalue weighted by Crippen LogP contribution is 2.45. The van der Waals surface area contributed by atoms with Crippen LogP contribution in [0, 0.1) is 0 Å². The number of hydrogen-bond acceptors (Lipinski definition) is 3. The molecule has 0 bridgehead atoms. The third-order valence-electron chi connectivity index (χ3n) is 6.87. The minimum absolute atomic E-state index is 0.0202. The largest absolute Gasteiger partial charge is 1.10 e. The Morgan fingerprint density at radius 2 is 0.972 bits per heavy atom. The van der Waals surface area contributed by atoms with Gasteiger partial charge < -0.3 is 11.4 Å². The van der Waals surface area contributed by atoms with E-state index in [0.717, 1.165) is 17.9 Å². The van der Waals surface area contributed by atoms with Gasteiger partial charge in [0, 0.05) is 12.5 Å². The van der Waals surface area contributed by atoms with Gasteiger partial charge in [0.05, 0.1) is 11.5 Å². The van der Waals surface area contributed by atoms with E-state index >= 15 is 0 Å². The highest BCUT2D eigenvalue weighted by atomic mass is 27.3. The molecule has 0 aromatic heterocycles. The Bertz CT molecular complexity index is 1020. The van der Waals surface area contributed by atoms with Crippen LogP contribution in [0.2, 0.25) is 0 Å². The van der Waals surface area contributed by atoms with Gasteiger partial charge in [-0.1, -0.05) is 107 Å². The lowest BCUT2D eigenvalue weighted by Crippen LogP contribution is -2.39. The monoisotopic (exact) mass is 508 g/mol. The molecule has 0 saturated carbocycles. The fraction of sp³-hybridized carbons (Fsp3) is 0.625. The Hall–Kier alpha value is -1.47. The van der Waals surface area contributed by atoms with Crippen LogP contribution in [-0.4, -0.2) is 21.3 Å². The van der Waals surface area contributed by atoms with Gasteiger partial charge in [0.1, 0.15) is 0 Å². The van der Waals surface area contributed by atoms with Crippen molar-refractivity contribution in [1.29, 1.82) is 0 Å². The summed E-state index contributed by atoms with van der Waals surface area (Å²) < 4.78 is 19.9. The van der Waals surface area contributed by atoms with Crippen molar-refractivity contribution in [3.05, 3.63) is 57.6 Å². The van der Waals surface area contributed by atoms with Crippen molar-refractivity contribution in [1.82, 2.24) is 0 Å². The maximum Gasteiger partial charge on any atom is 1.10 e. The first-order valence-corrected chi connectivity index (χ1v) is 14.9. The molecule has 2 aromatic carbocycles. The molecular formula is C32H49AlO3. The predicted octanol–water partition coefficient (Wildman–Crippen LogP) is 8.65. The third kappa shape index (κ3) is 6.50. The topological polar surface area (TPSA) is 27.7 Å². The molecule has 0 radical (unpaired) electrons. The van der Waals surface area contributed by atoms with E-state index in [-0.39, 0.29) is 27.8 Å². The molecule has 0 spiro atoms. The molecule has 0 saturated heterocycles. The Morgan fingerprint density at radius 3 is 1.25 bits per heavy atom. The summed E-state index contributed by atoms with van der Waals surface area (Å²) in [6.07, 6.45) is 0.792. The van der Waals surface area contributed by atoms with E-state index < -0.39 is 15.1 Å². The molecule has 0 N–H and O–H groups in total. The molecule has 1 aliphatic heterocycles. The molecule has 3 nitrogen and oxygen atoms in total. The summed E-state index contributed by atoms with van der Waals surface area (Å²) in [6, 6.07) is 9.41. The minimum atomic E-state index is -2.55. The summed E-state index contributed by atoms with van der Waals surface area (Å²) in [5.74, 6) is 1.91. The summed E-state index contributed by atoms with van der Waals surface area (Å²) in [5.41, 5.74) is 7.50. The summed E-state index contributed by atoms with van der Waals surface area (Å²) in [6.45, 7) is 31.4. The smallest absolute Gasteiger partial charge is 0.588 e. The van der Waals surface area contributed by atoms with Crippen molar-refractivity contribution in [2.45, 2.75) is 131 Å². The lowest BCUT2D eigenvalue weighted by molar-refractivity contribution is 0.151. The number of rotatable bonds is 2. The first-order valence-electron chi connectivity index (χ1n) is 13.5. The second-order valence-corrected chi connectivity index (χ2v) is 16.2. The molecule has 3 rings (SSSR count). The molecule has 0 atom stereocenters. The van der Waals surface area contributed by atoms with Gasteiger partial charge >= 0.3 is 15.1 Å². The summed E-state index contributed by atoms with van der Waals surface area (Å²) in [4.78, 5) is 0. The van der Waals surface area contributed by atoms with Crippen LogP contribution in [0.3, 0.4) is 0 Å². The van der Waals surface area contributed by atoms with Gasteiger partial charge in [0.25, 0.3) is 0 Å². The number of fused-ring (bicyclic) bond motifs is 2. The lowest BCUT2D eigenvalue weighted by atomic mass is 9.76. The molecule has 0 aliphatic carbocycles. The molecule has 0 amide bonds. The summed E-state index contributed by atoms with van der Waals surface area (Å²) >= 11 is -2.55. The molecule has 0 fully saturated rings. The van der Waals surface area contributed by atoms with Crippen LogP contribution in [0.15, 0.2) is 24.3 Å². The van der Waals surface area contributed by atoms with Crippen LogP contribution in [-0.2, 0) is 31.9 Å². The zero-order chi connectivity index (χ0) is 27.4. The van der Waals surface area contributed by atoms with Crippen molar-refractivity contribution >= 4 is 15.1 Å². The van der Waals surface area contributed by atoms with Gasteiger partial charge in [-0.3, -0.25) is 0 Å². The van der Waals surface area contributed by atoms with E-state index in [9.17, 15) is 0 Å². The number of hydrogen-bond donors (Lipinski definition) is 0.